The summed E-state index contributed by atoms with van der Waals surface area (Å²) >= 11 is 0. The maximum absolute atomic E-state index is 12.9. The molecule has 3 heterocycles. The van der Waals surface area contributed by atoms with Crippen LogP contribution in [-0.4, -0.2) is 47.0 Å². The molecule has 0 spiro atoms. The standard InChI is InChI=1S/C22H25N3O3/c1-15-4-6-16(7-5-15)11-20(26)25-14-18(21-19(25)8-10-28-21)22(27)24-13-17-3-2-9-23-12-17/h2-7,9,12,18-19,21H,8,10-11,13-14H2,1H3,(H,24,27)/t18-,19+,21+/m0/s1. The molecule has 2 aliphatic rings. The zero-order valence-corrected chi connectivity index (χ0v) is 16.0. The number of hydrogen-bond acceptors (Lipinski definition) is 4. The number of fused-ring (bicyclic) bond motifs is 1. The monoisotopic (exact) mass is 379 g/mol. The molecule has 3 atom stereocenters. The Kier molecular flexibility index (Phi) is 5.39. The summed E-state index contributed by atoms with van der Waals surface area (Å²) in [6.07, 6.45) is 4.37. The van der Waals surface area contributed by atoms with E-state index in [0.29, 0.717) is 26.1 Å². The fourth-order valence-electron chi connectivity index (χ4n) is 4.09. The van der Waals surface area contributed by atoms with Crippen molar-refractivity contribution in [1.82, 2.24) is 15.2 Å². The maximum atomic E-state index is 12.9. The first-order valence-corrected chi connectivity index (χ1v) is 9.75. The lowest BCUT2D eigenvalue weighted by molar-refractivity contribution is -0.131. The number of hydrogen-bond donors (Lipinski definition) is 1. The second-order valence-corrected chi connectivity index (χ2v) is 7.59. The van der Waals surface area contributed by atoms with Gasteiger partial charge in [-0.3, -0.25) is 14.6 Å². The van der Waals surface area contributed by atoms with E-state index < -0.39 is 0 Å². The molecule has 1 N–H and O–H groups in total. The Balaban J connectivity index is 1.40. The average molecular weight is 379 g/mol. The van der Waals surface area contributed by atoms with Crippen molar-refractivity contribution in [2.24, 2.45) is 5.92 Å². The molecule has 2 amide bonds. The number of ether oxygens (including phenoxy) is 1. The minimum Gasteiger partial charge on any atom is -0.375 e. The quantitative estimate of drug-likeness (QED) is 0.861. The van der Waals surface area contributed by atoms with Crippen LogP contribution in [0.1, 0.15) is 23.1 Å². The van der Waals surface area contributed by atoms with Crippen molar-refractivity contribution < 1.29 is 14.3 Å². The predicted octanol–water partition coefficient (Wildman–Crippen LogP) is 1.86. The Labute approximate surface area is 164 Å². The van der Waals surface area contributed by atoms with Crippen LogP contribution in [0.15, 0.2) is 48.8 Å². The summed E-state index contributed by atoms with van der Waals surface area (Å²) in [6, 6.07) is 11.8. The fourth-order valence-corrected chi connectivity index (χ4v) is 4.09. The molecule has 0 bridgehead atoms. The van der Waals surface area contributed by atoms with Gasteiger partial charge in [0.1, 0.15) is 0 Å². The van der Waals surface area contributed by atoms with Crippen LogP contribution in [-0.2, 0) is 27.3 Å². The summed E-state index contributed by atoms with van der Waals surface area (Å²) in [5.74, 6) is -0.329. The zero-order chi connectivity index (χ0) is 19.5. The van der Waals surface area contributed by atoms with Gasteiger partial charge in [-0.2, -0.15) is 0 Å². The van der Waals surface area contributed by atoms with E-state index in [-0.39, 0.29) is 29.9 Å². The van der Waals surface area contributed by atoms with Crippen molar-refractivity contribution in [2.75, 3.05) is 13.2 Å². The minimum absolute atomic E-state index is 0.00732. The number of nitrogens with one attached hydrogen (secondary N) is 1. The van der Waals surface area contributed by atoms with E-state index in [2.05, 4.69) is 10.3 Å². The highest BCUT2D eigenvalue weighted by atomic mass is 16.5. The SMILES string of the molecule is Cc1ccc(CC(=O)N2C[C@H](C(=O)NCc3cccnc3)[C@H]3OCC[C@H]32)cc1. The summed E-state index contributed by atoms with van der Waals surface area (Å²) < 4.78 is 5.84. The first-order chi connectivity index (χ1) is 13.6. The number of aromatic nitrogens is 1. The van der Waals surface area contributed by atoms with E-state index in [9.17, 15) is 9.59 Å². The third-order valence-corrected chi connectivity index (χ3v) is 5.62. The largest absolute Gasteiger partial charge is 0.375 e. The Morgan fingerprint density at radius 2 is 2.04 bits per heavy atom. The Morgan fingerprint density at radius 3 is 2.79 bits per heavy atom. The van der Waals surface area contributed by atoms with Gasteiger partial charge in [-0.05, 0) is 30.5 Å². The van der Waals surface area contributed by atoms with Crippen LogP contribution in [0.3, 0.4) is 0 Å². The van der Waals surface area contributed by atoms with Crippen molar-refractivity contribution in [2.45, 2.75) is 38.5 Å². The normalized spacial score (nSPS) is 23.5. The highest BCUT2D eigenvalue weighted by molar-refractivity contribution is 5.84. The molecule has 2 fully saturated rings. The number of carbonyl (C=O) groups is 2. The molecule has 0 radical (unpaired) electrons. The molecule has 2 aromatic rings. The number of amides is 2. The number of nitrogens with zero attached hydrogens (tertiary/aromatic N) is 2. The number of pyridine rings is 1. The number of aryl methyl sites for hydroxylation is 1. The number of rotatable bonds is 5. The molecule has 2 saturated heterocycles. The highest BCUT2D eigenvalue weighted by Gasteiger charge is 2.50. The fraction of sp³-hybridized carbons (Fsp3) is 0.409. The van der Waals surface area contributed by atoms with Crippen LogP contribution in [0.25, 0.3) is 0 Å². The molecule has 1 aromatic carbocycles. The molecule has 6 heteroatoms. The highest BCUT2D eigenvalue weighted by Crippen LogP contribution is 2.34. The number of carbonyl (C=O) groups excluding carboxylic acids is 2. The second kappa shape index (κ2) is 8.10. The van der Waals surface area contributed by atoms with Gasteiger partial charge in [-0.1, -0.05) is 35.9 Å². The molecular formula is C22H25N3O3. The van der Waals surface area contributed by atoms with E-state index in [1.165, 1.54) is 5.56 Å². The molecule has 1 aromatic heterocycles. The summed E-state index contributed by atoms with van der Waals surface area (Å²) in [6.45, 7) is 3.47. The maximum Gasteiger partial charge on any atom is 0.227 e. The van der Waals surface area contributed by atoms with Gasteiger partial charge >= 0.3 is 0 Å². The summed E-state index contributed by atoms with van der Waals surface area (Å²) in [5.41, 5.74) is 3.12. The smallest absolute Gasteiger partial charge is 0.227 e. The van der Waals surface area contributed by atoms with Crippen molar-refractivity contribution in [3.63, 3.8) is 0 Å². The van der Waals surface area contributed by atoms with Crippen molar-refractivity contribution in [3.8, 4) is 0 Å². The van der Waals surface area contributed by atoms with Gasteiger partial charge < -0.3 is 15.0 Å². The number of benzene rings is 1. The van der Waals surface area contributed by atoms with Crippen LogP contribution < -0.4 is 5.32 Å². The molecular weight excluding hydrogens is 354 g/mol. The molecule has 146 valence electrons. The van der Waals surface area contributed by atoms with E-state index >= 15 is 0 Å². The lowest BCUT2D eigenvalue weighted by Crippen LogP contribution is -2.38. The van der Waals surface area contributed by atoms with Crippen molar-refractivity contribution in [1.29, 1.82) is 0 Å². The lowest BCUT2D eigenvalue weighted by Gasteiger charge is -2.22. The topological polar surface area (TPSA) is 71.5 Å². The van der Waals surface area contributed by atoms with Crippen molar-refractivity contribution >= 4 is 11.8 Å². The van der Waals surface area contributed by atoms with Gasteiger partial charge in [-0.25, -0.2) is 0 Å². The third-order valence-electron chi connectivity index (χ3n) is 5.62. The zero-order valence-electron chi connectivity index (χ0n) is 16.0. The van der Waals surface area contributed by atoms with Crippen LogP contribution in [0.5, 0.6) is 0 Å². The van der Waals surface area contributed by atoms with Crippen LogP contribution in [0.4, 0.5) is 0 Å². The summed E-state index contributed by atoms with van der Waals surface area (Å²) in [4.78, 5) is 31.6. The van der Waals surface area contributed by atoms with Crippen LogP contribution in [0.2, 0.25) is 0 Å². The number of likely N-dealkylation sites (tertiary alicyclic amines) is 1. The van der Waals surface area contributed by atoms with E-state index in [1.807, 2.05) is 48.2 Å². The first kappa shape index (κ1) is 18.6. The van der Waals surface area contributed by atoms with Gasteiger partial charge in [0, 0.05) is 32.1 Å². The molecule has 28 heavy (non-hydrogen) atoms. The summed E-state index contributed by atoms with van der Waals surface area (Å²) in [7, 11) is 0. The van der Waals surface area contributed by atoms with Gasteiger partial charge in [0.25, 0.3) is 0 Å². The third kappa shape index (κ3) is 3.92. The van der Waals surface area contributed by atoms with Gasteiger partial charge in [0.2, 0.25) is 11.8 Å². The first-order valence-electron chi connectivity index (χ1n) is 9.75. The molecule has 6 nitrogen and oxygen atoms in total. The van der Waals surface area contributed by atoms with Crippen LogP contribution in [0, 0.1) is 12.8 Å². The molecule has 2 aliphatic heterocycles. The Bertz CT molecular complexity index is 838. The second-order valence-electron chi connectivity index (χ2n) is 7.59. The predicted molar refractivity (Wildman–Crippen MR) is 104 cm³/mol. The lowest BCUT2D eigenvalue weighted by atomic mass is 10.0. The van der Waals surface area contributed by atoms with Gasteiger partial charge in [0.15, 0.2) is 0 Å². The van der Waals surface area contributed by atoms with E-state index in [0.717, 1.165) is 17.5 Å². The Hall–Kier alpha value is -2.73. The van der Waals surface area contributed by atoms with Gasteiger partial charge in [-0.15, -0.1) is 0 Å². The molecule has 0 unspecified atom stereocenters. The molecule has 4 rings (SSSR count). The molecule has 0 aliphatic carbocycles. The Morgan fingerprint density at radius 1 is 1.21 bits per heavy atom. The summed E-state index contributed by atoms with van der Waals surface area (Å²) in [5, 5.41) is 2.97. The minimum atomic E-state index is -0.328. The average Bonchev–Trinajstić information content (AvgIpc) is 3.31. The molecule has 0 saturated carbocycles. The van der Waals surface area contributed by atoms with Crippen LogP contribution >= 0.6 is 0 Å². The van der Waals surface area contributed by atoms with E-state index in [1.54, 1.807) is 12.4 Å². The van der Waals surface area contributed by atoms with Crippen molar-refractivity contribution in [3.05, 3.63) is 65.5 Å². The van der Waals surface area contributed by atoms with E-state index in [4.69, 9.17) is 4.74 Å². The van der Waals surface area contributed by atoms with Gasteiger partial charge in [0.05, 0.1) is 24.5 Å².